The Morgan fingerprint density at radius 2 is 1.78 bits per heavy atom. The molecule has 12 heteroatoms. The highest BCUT2D eigenvalue weighted by Gasteiger charge is 2.28. The molecule has 6 rings (SSSR count). The fraction of sp³-hybridized carbons (Fsp3) is 0.270. The molecule has 2 aromatic heterocycles. The molecule has 3 N–H and O–H groups in total. The Kier molecular flexibility index (Phi) is 10.6. The summed E-state index contributed by atoms with van der Waals surface area (Å²) in [4.78, 5) is 37.8. The number of hydrogen-bond acceptors (Lipinski definition) is 8. The summed E-state index contributed by atoms with van der Waals surface area (Å²) >= 11 is 1.49. The highest BCUT2D eigenvalue weighted by Crippen LogP contribution is 2.40. The Bertz CT molecular complexity index is 1940. The fourth-order valence-corrected chi connectivity index (χ4v) is 6.88. The van der Waals surface area contributed by atoms with Crippen LogP contribution in [0.3, 0.4) is 0 Å². The number of rotatable bonds is 12. The van der Waals surface area contributed by atoms with Crippen LogP contribution in [0, 0.1) is 11.6 Å². The molecule has 1 unspecified atom stereocenters. The number of benzene rings is 3. The summed E-state index contributed by atoms with van der Waals surface area (Å²) in [6.07, 6.45) is 1.60. The highest BCUT2D eigenvalue weighted by atomic mass is 32.1. The second kappa shape index (κ2) is 15.2. The third-order valence-corrected chi connectivity index (χ3v) is 9.80. The number of nitrogens with one attached hydrogen (secondary N) is 1. The molecule has 1 saturated heterocycles. The molecule has 0 radical (unpaired) electrons. The third kappa shape index (κ3) is 8.46. The molecule has 1 atom stereocenters. The lowest BCUT2D eigenvalue weighted by Crippen LogP contribution is -2.46. The molecule has 3 heterocycles. The lowest BCUT2D eigenvalue weighted by molar-refractivity contribution is -0.127. The number of amides is 2. The summed E-state index contributed by atoms with van der Waals surface area (Å²) in [6, 6.07) is 21.1. The van der Waals surface area contributed by atoms with E-state index in [1.54, 1.807) is 12.3 Å². The minimum Gasteiger partial charge on any atom is -0.453 e. The van der Waals surface area contributed by atoms with Gasteiger partial charge < -0.3 is 25.6 Å². The minimum absolute atomic E-state index is 0.0363. The molecule has 0 spiro atoms. The van der Waals surface area contributed by atoms with Crippen molar-refractivity contribution in [1.29, 1.82) is 0 Å². The second-order valence-electron chi connectivity index (χ2n) is 12.3. The van der Waals surface area contributed by atoms with Gasteiger partial charge in [0.05, 0.1) is 10.2 Å². The molecule has 9 nitrogen and oxygen atoms in total. The number of nitrogens with two attached hydrogens (primary N) is 1. The molecule has 1 aliphatic rings. The molecule has 1 fully saturated rings. The lowest BCUT2D eigenvalue weighted by atomic mass is 9.97. The van der Waals surface area contributed by atoms with Crippen LogP contribution in [0.4, 0.5) is 14.5 Å². The highest BCUT2D eigenvalue weighted by molar-refractivity contribution is 7.22. The number of carbonyl (C=O) groups is 2. The van der Waals surface area contributed by atoms with E-state index in [-0.39, 0.29) is 17.0 Å². The van der Waals surface area contributed by atoms with Crippen molar-refractivity contribution in [2.75, 3.05) is 58.7 Å². The number of hydrogen-bond donors (Lipinski definition) is 2. The molecular weight excluding hydrogens is 647 g/mol. The van der Waals surface area contributed by atoms with Crippen molar-refractivity contribution < 1.29 is 23.1 Å². The topological polar surface area (TPSA) is 104 Å². The molecule has 49 heavy (non-hydrogen) atoms. The van der Waals surface area contributed by atoms with E-state index in [9.17, 15) is 14.0 Å². The van der Waals surface area contributed by atoms with E-state index in [0.717, 1.165) is 73.1 Å². The van der Waals surface area contributed by atoms with Crippen LogP contribution in [-0.4, -0.2) is 84.9 Å². The maximum Gasteiger partial charge on any atom is 0.241 e. The summed E-state index contributed by atoms with van der Waals surface area (Å²) in [5.41, 5.74) is 8.68. The van der Waals surface area contributed by atoms with Gasteiger partial charge in [-0.25, -0.2) is 8.78 Å². The second-order valence-corrected chi connectivity index (χ2v) is 13.4. The van der Waals surface area contributed by atoms with Gasteiger partial charge in [0.1, 0.15) is 17.5 Å². The average Bonchev–Trinajstić information content (AvgIpc) is 3.51. The van der Waals surface area contributed by atoms with Crippen molar-refractivity contribution in [3.05, 3.63) is 108 Å². The van der Waals surface area contributed by atoms with Crippen molar-refractivity contribution in [1.82, 2.24) is 19.7 Å². The molecule has 3 aromatic carbocycles. The van der Waals surface area contributed by atoms with Gasteiger partial charge in [-0.1, -0.05) is 36.4 Å². The van der Waals surface area contributed by atoms with Crippen LogP contribution in [0.15, 0.2) is 85.1 Å². The lowest BCUT2D eigenvalue weighted by Gasteiger charge is -2.33. The number of piperazine rings is 1. The molecule has 1 aliphatic heterocycles. The number of pyridine rings is 1. The van der Waals surface area contributed by atoms with Crippen LogP contribution in [-0.2, 0) is 16.1 Å². The average molecular weight is 685 g/mol. The predicted molar refractivity (Wildman–Crippen MR) is 189 cm³/mol. The fourth-order valence-electron chi connectivity index (χ4n) is 5.81. The Labute approximate surface area is 287 Å². The van der Waals surface area contributed by atoms with E-state index in [2.05, 4.69) is 63.4 Å². The van der Waals surface area contributed by atoms with E-state index in [0.29, 0.717) is 11.3 Å². The summed E-state index contributed by atoms with van der Waals surface area (Å²) in [5, 5.41) is 2.46. The third-order valence-electron chi connectivity index (χ3n) is 8.61. The number of ether oxygens (including phenoxy) is 1. The molecule has 0 aliphatic carbocycles. The molecule has 2 amide bonds. The molecule has 254 valence electrons. The van der Waals surface area contributed by atoms with Gasteiger partial charge >= 0.3 is 0 Å². The van der Waals surface area contributed by atoms with E-state index >= 15 is 4.39 Å². The first-order valence-corrected chi connectivity index (χ1v) is 16.8. The number of nitrogens with zero attached hydrogens (tertiary/aromatic N) is 4. The number of thiophene rings is 1. The number of halogens is 2. The van der Waals surface area contributed by atoms with Crippen LogP contribution < -0.4 is 15.8 Å². The Morgan fingerprint density at radius 1 is 1.00 bits per heavy atom. The van der Waals surface area contributed by atoms with Gasteiger partial charge in [0.2, 0.25) is 11.8 Å². The molecule has 0 saturated carbocycles. The van der Waals surface area contributed by atoms with E-state index in [1.165, 1.54) is 47.2 Å². The van der Waals surface area contributed by atoms with Gasteiger partial charge in [-0.3, -0.25) is 19.5 Å². The maximum atomic E-state index is 15.4. The van der Waals surface area contributed by atoms with Gasteiger partial charge in [-0.05, 0) is 67.2 Å². The minimum atomic E-state index is -1.51. The van der Waals surface area contributed by atoms with Gasteiger partial charge in [-0.15, -0.1) is 11.3 Å². The normalized spacial score (nSPS) is 14.6. The van der Waals surface area contributed by atoms with Gasteiger partial charge in [0.15, 0.2) is 11.6 Å². The zero-order valence-corrected chi connectivity index (χ0v) is 28.2. The van der Waals surface area contributed by atoms with Gasteiger partial charge in [-0.2, -0.15) is 0 Å². The number of likely N-dealkylation sites (N-methyl/N-ethyl adjacent to an activating group) is 2. The van der Waals surface area contributed by atoms with Crippen LogP contribution in [0.25, 0.3) is 20.7 Å². The summed E-state index contributed by atoms with van der Waals surface area (Å²) < 4.78 is 35.7. The van der Waals surface area contributed by atoms with Crippen molar-refractivity contribution in [3.8, 4) is 21.9 Å². The van der Waals surface area contributed by atoms with E-state index < -0.39 is 29.4 Å². The monoisotopic (exact) mass is 684 g/mol. The molecule has 0 bridgehead atoms. The first-order chi connectivity index (χ1) is 23.6. The van der Waals surface area contributed by atoms with E-state index in [1.807, 2.05) is 6.07 Å². The summed E-state index contributed by atoms with van der Waals surface area (Å²) in [7, 11) is 4.33. The molecule has 5 aromatic rings. The number of aromatic nitrogens is 1. The van der Waals surface area contributed by atoms with Crippen LogP contribution in [0.1, 0.15) is 17.0 Å². The predicted octanol–water partition coefficient (Wildman–Crippen LogP) is 5.92. The first-order valence-electron chi connectivity index (χ1n) is 16.0. The van der Waals surface area contributed by atoms with Gasteiger partial charge in [0, 0.05) is 68.6 Å². The summed E-state index contributed by atoms with van der Waals surface area (Å²) in [6.45, 7) is 7.43. The van der Waals surface area contributed by atoms with Crippen molar-refractivity contribution in [2.45, 2.75) is 12.5 Å². The maximum absolute atomic E-state index is 15.4. The van der Waals surface area contributed by atoms with E-state index in [4.69, 9.17) is 10.5 Å². The smallest absolute Gasteiger partial charge is 0.241 e. The van der Waals surface area contributed by atoms with Gasteiger partial charge in [0.25, 0.3) is 0 Å². The van der Waals surface area contributed by atoms with Crippen molar-refractivity contribution >= 4 is 39.1 Å². The molecular formula is C37H38F2N6O3S. The number of primary amides is 1. The quantitative estimate of drug-likeness (QED) is 0.157. The van der Waals surface area contributed by atoms with Crippen molar-refractivity contribution in [2.24, 2.45) is 5.73 Å². The number of carbonyl (C=O) groups excluding carboxylic acids is 2. The van der Waals surface area contributed by atoms with Crippen LogP contribution in [0.5, 0.6) is 11.5 Å². The zero-order chi connectivity index (χ0) is 34.5. The largest absolute Gasteiger partial charge is 0.453 e. The summed E-state index contributed by atoms with van der Waals surface area (Å²) in [5.74, 6) is -4.32. The van der Waals surface area contributed by atoms with Crippen LogP contribution >= 0.6 is 11.3 Å². The number of fused-ring (bicyclic) bond motifs is 1. The standard InChI is InChI=1S/C37H38F2N6O3S/c1-43-14-17-45(18-15-43)19-16-44(2)23-24-6-8-25(9-7-24)33-22-30-35(49-33)32(12-13-41-30)48-31-11-10-26(20-29(31)39)34(36(40)46)37(47)42-28-5-3-4-27(38)21-28/h3-13,20-22,34H,14-19,23H2,1-2H3,(H2,40,46)(H,42,47). The SMILES string of the molecule is CN1CCN(CCN(C)Cc2ccc(-c3cc4nccc(Oc5ccc(C(C(N)=O)C(=O)Nc6cccc(F)c6)cc5F)c4s3)cc2)CC1. The Morgan fingerprint density at radius 3 is 2.49 bits per heavy atom. The Hall–Kier alpha value is -4.75. The number of anilines is 1. The van der Waals surface area contributed by atoms with Crippen LogP contribution in [0.2, 0.25) is 0 Å². The van der Waals surface area contributed by atoms with Crippen molar-refractivity contribution in [3.63, 3.8) is 0 Å². The first kappa shape index (κ1) is 34.1. The Balaban J connectivity index is 1.12. The zero-order valence-electron chi connectivity index (χ0n) is 27.4.